The number of nitrogens with two attached hydrogens (primary N) is 1. The Kier molecular flexibility index (Phi) is 4.62. The number of fused-ring (bicyclic) bond motifs is 1. The highest BCUT2D eigenvalue weighted by Crippen LogP contribution is 2.33. The van der Waals surface area contributed by atoms with Crippen molar-refractivity contribution < 1.29 is 4.79 Å². The molecule has 0 bridgehead atoms. The summed E-state index contributed by atoms with van der Waals surface area (Å²) in [4.78, 5) is 16.9. The second kappa shape index (κ2) is 7.26. The molecule has 1 aromatic carbocycles. The van der Waals surface area contributed by atoms with Gasteiger partial charge in [0.15, 0.2) is 0 Å². The molecular weight excluding hydrogens is 386 g/mol. The lowest BCUT2D eigenvalue weighted by Crippen LogP contribution is -2.11. The van der Waals surface area contributed by atoms with Crippen LogP contribution in [0, 0.1) is 11.3 Å². The molecule has 4 aromatic rings. The first-order valence-electron chi connectivity index (χ1n) is 8.51. The molecule has 0 aliphatic carbocycles. The molecule has 29 heavy (non-hydrogen) atoms. The standard InChI is InChI=1S/C20H15N7OS/c1-12(19(22)28)13-3-5-16(6-4-13)29-20-18-14(7-21)8-24-27(18)11-17(25-20)15-9-23-26(2)10-15/h3-6,8-11H,1H2,2H3,(H2,22,28). The van der Waals surface area contributed by atoms with E-state index >= 15 is 0 Å². The Bertz CT molecular complexity index is 1290. The van der Waals surface area contributed by atoms with E-state index in [-0.39, 0.29) is 5.57 Å². The van der Waals surface area contributed by atoms with E-state index in [4.69, 9.17) is 10.7 Å². The summed E-state index contributed by atoms with van der Waals surface area (Å²) >= 11 is 1.40. The molecule has 3 heterocycles. The molecule has 2 N–H and O–H groups in total. The monoisotopic (exact) mass is 401 g/mol. The fourth-order valence-corrected chi connectivity index (χ4v) is 3.74. The molecule has 0 saturated carbocycles. The van der Waals surface area contributed by atoms with Gasteiger partial charge >= 0.3 is 0 Å². The Balaban J connectivity index is 1.77. The number of aromatic nitrogens is 5. The topological polar surface area (TPSA) is 115 Å². The largest absolute Gasteiger partial charge is 0.366 e. The summed E-state index contributed by atoms with van der Waals surface area (Å²) in [6, 6.07) is 9.42. The number of hydrogen-bond donors (Lipinski definition) is 1. The van der Waals surface area contributed by atoms with Crippen LogP contribution in [-0.2, 0) is 11.8 Å². The second-order valence-electron chi connectivity index (χ2n) is 6.27. The lowest BCUT2D eigenvalue weighted by Gasteiger charge is -2.08. The molecule has 0 radical (unpaired) electrons. The van der Waals surface area contributed by atoms with Crippen LogP contribution in [-0.4, -0.2) is 30.3 Å². The van der Waals surface area contributed by atoms with E-state index in [9.17, 15) is 10.1 Å². The van der Waals surface area contributed by atoms with Crippen LogP contribution < -0.4 is 5.73 Å². The molecule has 0 atom stereocenters. The molecule has 0 aliphatic rings. The maximum Gasteiger partial charge on any atom is 0.248 e. The van der Waals surface area contributed by atoms with Crippen LogP contribution in [0.4, 0.5) is 0 Å². The smallest absolute Gasteiger partial charge is 0.248 e. The average molecular weight is 401 g/mol. The third-order valence-corrected chi connectivity index (χ3v) is 5.29. The van der Waals surface area contributed by atoms with Gasteiger partial charge in [0.05, 0.1) is 24.3 Å². The van der Waals surface area contributed by atoms with E-state index < -0.39 is 5.91 Å². The van der Waals surface area contributed by atoms with Crippen molar-refractivity contribution >= 4 is 28.8 Å². The number of rotatable bonds is 5. The van der Waals surface area contributed by atoms with Crippen LogP contribution in [0.15, 0.2) is 65.6 Å². The van der Waals surface area contributed by atoms with Gasteiger partial charge in [0.25, 0.3) is 0 Å². The van der Waals surface area contributed by atoms with E-state index in [1.54, 1.807) is 33.7 Å². The third-order valence-electron chi connectivity index (χ3n) is 4.30. The molecule has 0 unspecified atom stereocenters. The van der Waals surface area contributed by atoms with Crippen LogP contribution in [0.3, 0.4) is 0 Å². The summed E-state index contributed by atoms with van der Waals surface area (Å²) in [7, 11) is 1.83. The van der Waals surface area contributed by atoms with Crippen LogP contribution in [0.2, 0.25) is 0 Å². The first-order chi connectivity index (χ1) is 14.0. The highest BCUT2D eigenvalue weighted by atomic mass is 32.2. The lowest BCUT2D eigenvalue weighted by atomic mass is 10.1. The van der Waals surface area contributed by atoms with Crippen molar-refractivity contribution in [2.75, 3.05) is 0 Å². The summed E-state index contributed by atoms with van der Waals surface area (Å²) in [6.45, 7) is 3.69. The van der Waals surface area contributed by atoms with Crippen LogP contribution >= 0.6 is 11.8 Å². The normalized spacial score (nSPS) is 10.8. The van der Waals surface area contributed by atoms with E-state index in [1.807, 2.05) is 25.4 Å². The maximum absolute atomic E-state index is 11.3. The van der Waals surface area contributed by atoms with Crippen molar-refractivity contribution in [1.82, 2.24) is 24.4 Å². The molecular formula is C20H15N7OS. The number of hydrogen-bond acceptors (Lipinski definition) is 6. The molecule has 3 aromatic heterocycles. The molecule has 142 valence electrons. The molecule has 4 rings (SSSR count). The molecule has 0 saturated heterocycles. The minimum absolute atomic E-state index is 0.253. The van der Waals surface area contributed by atoms with Crippen LogP contribution in [0.25, 0.3) is 22.3 Å². The summed E-state index contributed by atoms with van der Waals surface area (Å²) in [5.41, 5.74) is 8.81. The first kappa shape index (κ1) is 18.5. The zero-order valence-corrected chi connectivity index (χ0v) is 16.2. The van der Waals surface area contributed by atoms with Crippen molar-refractivity contribution in [3.05, 3.63) is 66.8 Å². The van der Waals surface area contributed by atoms with Crippen molar-refractivity contribution in [2.45, 2.75) is 9.92 Å². The van der Waals surface area contributed by atoms with E-state index in [0.717, 1.165) is 10.5 Å². The van der Waals surface area contributed by atoms with Gasteiger partial charge in [-0.05, 0) is 17.7 Å². The van der Waals surface area contributed by atoms with E-state index in [0.29, 0.717) is 27.4 Å². The number of nitriles is 1. The number of benzene rings is 1. The summed E-state index contributed by atoms with van der Waals surface area (Å²) in [5.74, 6) is -0.559. The van der Waals surface area contributed by atoms with Crippen LogP contribution in [0.1, 0.15) is 11.1 Å². The van der Waals surface area contributed by atoms with Crippen LogP contribution in [0.5, 0.6) is 0 Å². The van der Waals surface area contributed by atoms with Crippen molar-refractivity contribution in [2.24, 2.45) is 12.8 Å². The lowest BCUT2D eigenvalue weighted by molar-refractivity contribution is -0.112. The molecule has 0 spiro atoms. The summed E-state index contributed by atoms with van der Waals surface area (Å²) in [6.07, 6.45) is 6.88. The predicted molar refractivity (Wildman–Crippen MR) is 109 cm³/mol. The van der Waals surface area contributed by atoms with Gasteiger partial charge in [0.1, 0.15) is 22.2 Å². The number of nitrogens with zero attached hydrogens (tertiary/aromatic N) is 6. The molecule has 0 aliphatic heterocycles. The van der Waals surface area contributed by atoms with Gasteiger partial charge in [-0.2, -0.15) is 15.5 Å². The Morgan fingerprint density at radius 3 is 2.59 bits per heavy atom. The van der Waals surface area contributed by atoms with Gasteiger partial charge in [-0.15, -0.1) is 0 Å². The SMILES string of the molecule is C=C(C(N)=O)c1ccc(Sc2nc(-c3cnn(C)c3)cn3ncc(C#N)c23)cc1. The zero-order valence-electron chi connectivity index (χ0n) is 15.4. The van der Waals surface area contributed by atoms with E-state index in [2.05, 4.69) is 22.8 Å². The van der Waals surface area contributed by atoms with Gasteiger partial charge in [-0.3, -0.25) is 9.48 Å². The minimum Gasteiger partial charge on any atom is -0.366 e. The van der Waals surface area contributed by atoms with Crippen molar-refractivity contribution in [3.63, 3.8) is 0 Å². The van der Waals surface area contributed by atoms with Gasteiger partial charge in [-0.25, -0.2) is 9.50 Å². The van der Waals surface area contributed by atoms with Crippen molar-refractivity contribution in [1.29, 1.82) is 5.26 Å². The highest BCUT2D eigenvalue weighted by Gasteiger charge is 2.16. The molecule has 1 amide bonds. The second-order valence-corrected chi connectivity index (χ2v) is 7.33. The number of primary amides is 1. The fraction of sp³-hybridized carbons (Fsp3) is 0.0500. The highest BCUT2D eigenvalue weighted by molar-refractivity contribution is 7.99. The Hall–Kier alpha value is -3.90. The first-order valence-corrected chi connectivity index (χ1v) is 9.32. The summed E-state index contributed by atoms with van der Waals surface area (Å²) in [5, 5.41) is 18.6. The molecule has 0 fully saturated rings. The fourth-order valence-electron chi connectivity index (χ4n) is 2.80. The maximum atomic E-state index is 11.3. The Morgan fingerprint density at radius 2 is 1.97 bits per heavy atom. The number of carbonyl (C=O) groups excluding carboxylic acids is 1. The number of carbonyl (C=O) groups is 1. The quantitative estimate of drug-likeness (QED) is 0.514. The number of amides is 1. The minimum atomic E-state index is -0.559. The van der Waals surface area contributed by atoms with Gasteiger partial charge < -0.3 is 5.73 Å². The molecule has 8 nitrogen and oxygen atoms in total. The summed E-state index contributed by atoms with van der Waals surface area (Å²) < 4.78 is 3.35. The Labute approximate surface area is 170 Å². The number of aryl methyl sites for hydroxylation is 1. The van der Waals surface area contributed by atoms with E-state index in [1.165, 1.54) is 18.0 Å². The third kappa shape index (κ3) is 3.49. The van der Waals surface area contributed by atoms with Crippen molar-refractivity contribution in [3.8, 4) is 17.3 Å². The zero-order chi connectivity index (χ0) is 20.5. The predicted octanol–water partition coefficient (Wildman–Crippen LogP) is 2.65. The molecule has 9 heteroatoms. The Morgan fingerprint density at radius 1 is 1.21 bits per heavy atom. The van der Waals surface area contributed by atoms with Gasteiger partial charge in [0.2, 0.25) is 5.91 Å². The average Bonchev–Trinajstić information content (AvgIpc) is 3.34. The van der Waals surface area contributed by atoms with Gasteiger partial charge in [0, 0.05) is 29.3 Å². The van der Waals surface area contributed by atoms with Gasteiger partial charge in [-0.1, -0.05) is 30.5 Å².